The van der Waals surface area contributed by atoms with Gasteiger partial charge in [-0.05, 0) is 40.2 Å². The zero-order valence-corrected chi connectivity index (χ0v) is 12.5. The first-order valence-corrected chi connectivity index (χ1v) is 7.01. The molecule has 0 saturated heterocycles. The Balaban J connectivity index is 1.75. The summed E-state index contributed by atoms with van der Waals surface area (Å²) in [7, 11) is 0. The highest BCUT2D eigenvalue weighted by Crippen LogP contribution is 2.24. The molecule has 104 valence electrons. The molecule has 2 aromatic heterocycles. The molecule has 0 bridgehead atoms. The fourth-order valence-corrected chi connectivity index (χ4v) is 1.89. The molecule has 0 saturated carbocycles. The van der Waals surface area contributed by atoms with Crippen molar-refractivity contribution in [1.29, 1.82) is 0 Å². The second kappa shape index (κ2) is 6.32. The molecule has 5 nitrogen and oxygen atoms in total. The van der Waals surface area contributed by atoms with Gasteiger partial charge >= 0.3 is 0 Å². The molecule has 0 fully saturated rings. The molecule has 2 heterocycles. The molecule has 0 aliphatic rings. The van der Waals surface area contributed by atoms with Crippen molar-refractivity contribution in [1.82, 2.24) is 15.0 Å². The summed E-state index contributed by atoms with van der Waals surface area (Å²) >= 11 is 3.30. The van der Waals surface area contributed by atoms with E-state index in [1.165, 1.54) is 0 Å². The van der Waals surface area contributed by atoms with Crippen molar-refractivity contribution in [2.75, 3.05) is 5.32 Å². The second-order valence-electron chi connectivity index (χ2n) is 4.16. The minimum atomic E-state index is 0.527. The van der Waals surface area contributed by atoms with Crippen molar-refractivity contribution in [2.45, 2.75) is 0 Å². The lowest BCUT2D eigenvalue weighted by Crippen LogP contribution is -1.96. The van der Waals surface area contributed by atoms with Crippen LogP contribution in [0.4, 0.5) is 11.6 Å². The third kappa shape index (κ3) is 3.76. The number of hydrogen-bond donors (Lipinski definition) is 1. The summed E-state index contributed by atoms with van der Waals surface area (Å²) in [6, 6.07) is 11.2. The molecule has 1 N–H and O–H groups in total. The van der Waals surface area contributed by atoms with Gasteiger partial charge in [-0.2, -0.15) is 0 Å². The van der Waals surface area contributed by atoms with Gasteiger partial charge in [-0.25, -0.2) is 9.97 Å². The number of pyridine rings is 1. The number of rotatable bonds is 4. The van der Waals surface area contributed by atoms with Crippen LogP contribution in [0.1, 0.15) is 0 Å². The lowest BCUT2D eigenvalue weighted by molar-refractivity contribution is 0.482. The number of halogens is 1. The number of nitrogens with zero attached hydrogens (tertiary/aromatic N) is 3. The number of nitrogens with one attached hydrogen (secondary N) is 1. The van der Waals surface area contributed by atoms with Crippen molar-refractivity contribution in [3.05, 3.63) is 65.7 Å². The minimum absolute atomic E-state index is 0.527. The van der Waals surface area contributed by atoms with Crippen LogP contribution in [-0.4, -0.2) is 15.0 Å². The fraction of sp³-hybridized carbons (Fsp3) is 0. The number of aromatic nitrogens is 3. The predicted octanol–water partition coefficient (Wildman–Crippen LogP) is 4.17. The van der Waals surface area contributed by atoms with Crippen LogP contribution < -0.4 is 10.1 Å². The Morgan fingerprint density at radius 1 is 0.952 bits per heavy atom. The van der Waals surface area contributed by atoms with Gasteiger partial charge in [0.25, 0.3) is 0 Å². The molecule has 6 heteroatoms. The molecule has 0 radical (unpaired) electrons. The summed E-state index contributed by atoms with van der Waals surface area (Å²) in [6.45, 7) is 0. The van der Waals surface area contributed by atoms with Crippen LogP contribution in [0, 0.1) is 0 Å². The van der Waals surface area contributed by atoms with Gasteiger partial charge in [0, 0.05) is 36.5 Å². The van der Waals surface area contributed by atoms with E-state index in [2.05, 4.69) is 36.2 Å². The summed E-state index contributed by atoms with van der Waals surface area (Å²) in [4.78, 5) is 12.3. The van der Waals surface area contributed by atoms with Gasteiger partial charge in [0.1, 0.15) is 11.5 Å². The zero-order valence-electron chi connectivity index (χ0n) is 10.9. The maximum Gasteiger partial charge on any atom is 0.227 e. The van der Waals surface area contributed by atoms with Crippen molar-refractivity contribution >= 4 is 27.6 Å². The SMILES string of the molecule is Brc1cnc(Nc2cccc(Oc3ccncc3)c2)nc1. The normalized spacial score (nSPS) is 10.1. The third-order valence-corrected chi connectivity index (χ3v) is 3.01. The summed E-state index contributed by atoms with van der Waals surface area (Å²) in [5.74, 6) is 1.99. The molecule has 0 unspecified atom stereocenters. The first-order valence-electron chi connectivity index (χ1n) is 6.22. The van der Waals surface area contributed by atoms with E-state index < -0.39 is 0 Å². The second-order valence-corrected chi connectivity index (χ2v) is 5.08. The quantitative estimate of drug-likeness (QED) is 0.770. The van der Waals surface area contributed by atoms with E-state index in [1.54, 1.807) is 36.9 Å². The Labute approximate surface area is 130 Å². The average molecular weight is 343 g/mol. The third-order valence-electron chi connectivity index (χ3n) is 2.60. The highest BCUT2D eigenvalue weighted by Gasteiger charge is 2.01. The Morgan fingerprint density at radius 3 is 2.48 bits per heavy atom. The molecule has 3 aromatic rings. The molecule has 1 aromatic carbocycles. The monoisotopic (exact) mass is 342 g/mol. The Bertz CT molecular complexity index is 719. The summed E-state index contributed by atoms with van der Waals surface area (Å²) in [6.07, 6.45) is 6.75. The maximum atomic E-state index is 5.75. The minimum Gasteiger partial charge on any atom is -0.457 e. The van der Waals surface area contributed by atoms with Gasteiger partial charge in [-0.15, -0.1) is 0 Å². The maximum absolute atomic E-state index is 5.75. The zero-order chi connectivity index (χ0) is 14.5. The van der Waals surface area contributed by atoms with Crippen molar-refractivity contribution < 1.29 is 4.74 Å². The molecule has 0 amide bonds. The summed E-state index contributed by atoms with van der Waals surface area (Å²) in [5, 5.41) is 3.12. The Morgan fingerprint density at radius 2 is 1.71 bits per heavy atom. The van der Waals surface area contributed by atoms with Crippen molar-refractivity contribution in [2.24, 2.45) is 0 Å². The molecular formula is C15H11BrN4O. The lowest BCUT2D eigenvalue weighted by Gasteiger charge is -2.08. The van der Waals surface area contributed by atoms with Gasteiger partial charge in [0.15, 0.2) is 0 Å². The van der Waals surface area contributed by atoms with Crippen LogP contribution in [0.5, 0.6) is 11.5 Å². The van der Waals surface area contributed by atoms with Gasteiger partial charge in [0.05, 0.1) is 4.47 Å². The van der Waals surface area contributed by atoms with E-state index in [0.717, 1.165) is 21.7 Å². The van der Waals surface area contributed by atoms with Crippen molar-refractivity contribution in [3.63, 3.8) is 0 Å². The van der Waals surface area contributed by atoms with Gasteiger partial charge in [0.2, 0.25) is 5.95 Å². The first kappa shape index (κ1) is 13.5. The van der Waals surface area contributed by atoms with Gasteiger partial charge in [-0.1, -0.05) is 6.07 Å². The van der Waals surface area contributed by atoms with Crippen LogP contribution >= 0.6 is 15.9 Å². The summed E-state index contributed by atoms with van der Waals surface area (Å²) < 4.78 is 6.58. The molecule has 0 aliphatic heterocycles. The van der Waals surface area contributed by atoms with Crippen molar-refractivity contribution in [3.8, 4) is 11.5 Å². The predicted molar refractivity (Wildman–Crippen MR) is 83.8 cm³/mol. The van der Waals surface area contributed by atoms with Gasteiger partial charge < -0.3 is 10.1 Å². The van der Waals surface area contributed by atoms with E-state index >= 15 is 0 Å². The largest absolute Gasteiger partial charge is 0.457 e. The fourth-order valence-electron chi connectivity index (χ4n) is 1.69. The molecule has 0 atom stereocenters. The highest BCUT2D eigenvalue weighted by molar-refractivity contribution is 9.10. The van der Waals surface area contributed by atoms with E-state index in [-0.39, 0.29) is 0 Å². The van der Waals surface area contributed by atoms with Crippen LogP contribution in [0.2, 0.25) is 0 Å². The van der Waals surface area contributed by atoms with E-state index in [4.69, 9.17) is 4.74 Å². The molecule has 0 aliphatic carbocycles. The van der Waals surface area contributed by atoms with E-state index in [0.29, 0.717) is 5.95 Å². The Kier molecular flexibility index (Phi) is 4.07. The lowest BCUT2D eigenvalue weighted by atomic mass is 10.3. The van der Waals surface area contributed by atoms with Crippen LogP contribution in [0.3, 0.4) is 0 Å². The first-order chi connectivity index (χ1) is 10.3. The van der Waals surface area contributed by atoms with Crippen LogP contribution in [-0.2, 0) is 0 Å². The standard InChI is InChI=1S/C15H11BrN4O/c16-11-9-18-15(19-10-11)20-12-2-1-3-14(8-12)21-13-4-6-17-7-5-13/h1-10H,(H,18,19,20). The summed E-state index contributed by atoms with van der Waals surface area (Å²) in [5.41, 5.74) is 0.851. The number of anilines is 2. The van der Waals surface area contributed by atoms with Crippen LogP contribution in [0.15, 0.2) is 65.7 Å². The topological polar surface area (TPSA) is 59.9 Å². The molecule has 3 rings (SSSR count). The Hall–Kier alpha value is -2.47. The number of benzene rings is 1. The van der Waals surface area contributed by atoms with E-state index in [9.17, 15) is 0 Å². The van der Waals surface area contributed by atoms with Crippen LogP contribution in [0.25, 0.3) is 0 Å². The molecule has 21 heavy (non-hydrogen) atoms. The molecule has 0 spiro atoms. The average Bonchev–Trinajstić information content (AvgIpc) is 2.51. The number of hydrogen-bond acceptors (Lipinski definition) is 5. The molecular weight excluding hydrogens is 332 g/mol. The highest BCUT2D eigenvalue weighted by atomic mass is 79.9. The number of ether oxygens (including phenoxy) is 1. The smallest absolute Gasteiger partial charge is 0.227 e. The van der Waals surface area contributed by atoms with E-state index in [1.807, 2.05) is 24.3 Å². The van der Waals surface area contributed by atoms with Gasteiger partial charge in [-0.3, -0.25) is 4.98 Å².